The summed E-state index contributed by atoms with van der Waals surface area (Å²) in [4.78, 5) is 0. The first-order valence-corrected chi connectivity index (χ1v) is 8.83. The molecule has 1 fully saturated rings. The molecular weight excluding hydrogens is 298 g/mol. The molecule has 1 saturated carbocycles. The van der Waals surface area contributed by atoms with E-state index in [0.717, 1.165) is 11.1 Å². The fourth-order valence-corrected chi connectivity index (χ4v) is 4.64. The van der Waals surface area contributed by atoms with E-state index in [4.69, 9.17) is 0 Å². The number of thioether (sulfide) groups is 1. The molecule has 0 bridgehead atoms. The summed E-state index contributed by atoms with van der Waals surface area (Å²) in [5.41, 5.74) is 2.17. The van der Waals surface area contributed by atoms with E-state index in [1.807, 2.05) is 36.0 Å². The molecule has 0 nitrogen and oxygen atoms in total. The standard InChI is InChI=1S/C19H20F2S/c20-16-10-6-14(7-11-16)19(15-8-12-17(21)13-9-15)22-18-4-2-1-3-5-18/h6-13,18-19H,1-5H2. The van der Waals surface area contributed by atoms with Gasteiger partial charge in [0, 0.05) is 5.25 Å². The molecule has 0 heterocycles. The summed E-state index contributed by atoms with van der Waals surface area (Å²) in [6, 6.07) is 13.4. The van der Waals surface area contributed by atoms with Crippen LogP contribution in [0.25, 0.3) is 0 Å². The second kappa shape index (κ2) is 7.28. The minimum absolute atomic E-state index is 0.143. The van der Waals surface area contributed by atoms with E-state index in [1.54, 1.807) is 0 Å². The van der Waals surface area contributed by atoms with Crippen molar-refractivity contribution in [1.29, 1.82) is 0 Å². The molecule has 0 radical (unpaired) electrons. The minimum Gasteiger partial charge on any atom is -0.207 e. The number of benzene rings is 2. The molecule has 3 heteroatoms. The van der Waals surface area contributed by atoms with E-state index in [0.29, 0.717) is 5.25 Å². The Labute approximate surface area is 134 Å². The maximum absolute atomic E-state index is 13.2. The second-order valence-corrected chi connectivity index (χ2v) is 7.29. The lowest BCUT2D eigenvalue weighted by Gasteiger charge is -2.27. The molecule has 0 spiro atoms. The van der Waals surface area contributed by atoms with Crippen molar-refractivity contribution < 1.29 is 8.78 Å². The number of rotatable bonds is 4. The molecule has 0 atom stereocenters. The molecule has 0 aliphatic heterocycles. The Balaban J connectivity index is 1.86. The van der Waals surface area contributed by atoms with Crippen molar-refractivity contribution in [2.24, 2.45) is 0 Å². The third-order valence-corrected chi connectivity index (χ3v) is 5.90. The van der Waals surface area contributed by atoms with Crippen LogP contribution in [0.2, 0.25) is 0 Å². The second-order valence-electron chi connectivity index (χ2n) is 5.88. The van der Waals surface area contributed by atoms with Gasteiger partial charge in [0.1, 0.15) is 11.6 Å². The van der Waals surface area contributed by atoms with Crippen molar-refractivity contribution in [2.75, 3.05) is 0 Å². The van der Waals surface area contributed by atoms with Crippen LogP contribution in [0, 0.1) is 11.6 Å². The lowest BCUT2D eigenvalue weighted by atomic mass is 10.0. The highest BCUT2D eigenvalue weighted by molar-refractivity contribution is 8.00. The van der Waals surface area contributed by atoms with Gasteiger partial charge in [0.2, 0.25) is 0 Å². The van der Waals surface area contributed by atoms with Crippen molar-refractivity contribution in [2.45, 2.75) is 42.6 Å². The highest BCUT2D eigenvalue weighted by atomic mass is 32.2. The summed E-state index contributed by atoms with van der Waals surface area (Å²) < 4.78 is 26.4. The lowest BCUT2D eigenvalue weighted by Crippen LogP contribution is -2.11. The summed E-state index contributed by atoms with van der Waals surface area (Å²) in [5, 5.41) is 0.776. The molecule has 2 aromatic carbocycles. The summed E-state index contributed by atoms with van der Waals surface area (Å²) in [7, 11) is 0. The molecule has 3 rings (SSSR count). The maximum Gasteiger partial charge on any atom is 0.123 e. The highest BCUT2D eigenvalue weighted by Gasteiger charge is 2.22. The molecule has 1 aliphatic carbocycles. The fourth-order valence-electron chi connectivity index (χ4n) is 3.02. The van der Waals surface area contributed by atoms with Crippen LogP contribution in [-0.2, 0) is 0 Å². The molecule has 2 aromatic rings. The Morgan fingerprint density at radius 1 is 0.727 bits per heavy atom. The van der Waals surface area contributed by atoms with Gasteiger partial charge in [-0.05, 0) is 48.2 Å². The van der Waals surface area contributed by atoms with Gasteiger partial charge in [-0.25, -0.2) is 8.78 Å². The summed E-state index contributed by atoms with van der Waals surface area (Å²) in [5.74, 6) is -0.437. The van der Waals surface area contributed by atoms with Gasteiger partial charge in [0.15, 0.2) is 0 Å². The molecule has 0 amide bonds. The first-order valence-electron chi connectivity index (χ1n) is 7.89. The SMILES string of the molecule is Fc1ccc(C(SC2CCCCC2)c2ccc(F)cc2)cc1. The van der Waals surface area contributed by atoms with Gasteiger partial charge >= 0.3 is 0 Å². The van der Waals surface area contributed by atoms with Crippen LogP contribution in [0.15, 0.2) is 48.5 Å². The van der Waals surface area contributed by atoms with Crippen LogP contribution in [0.5, 0.6) is 0 Å². The van der Waals surface area contributed by atoms with Crippen molar-refractivity contribution in [1.82, 2.24) is 0 Å². The number of hydrogen-bond donors (Lipinski definition) is 0. The normalized spacial score (nSPS) is 16.1. The Morgan fingerprint density at radius 3 is 1.64 bits per heavy atom. The zero-order chi connectivity index (χ0) is 15.4. The van der Waals surface area contributed by atoms with E-state index in [-0.39, 0.29) is 16.9 Å². The van der Waals surface area contributed by atoms with Gasteiger partial charge < -0.3 is 0 Å². The van der Waals surface area contributed by atoms with Crippen molar-refractivity contribution in [3.05, 3.63) is 71.3 Å². The molecule has 0 aromatic heterocycles. The van der Waals surface area contributed by atoms with Crippen LogP contribution in [0.4, 0.5) is 8.78 Å². The molecular formula is C19H20F2S. The van der Waals surface area contributed by atoms with Gasteiger partial charge in [-0.3, -0.25) is 0 Å². The Kier molecular flexibility index (Phi) is 5.14. The van der Waals surface area contributed by atoms with E-state index in [1.165, 1.54) is 56.4 Å². The third-order valence-electron chi connectivity index (χ3n) is 4.23. The topological polar surface area (TPSA) is 0 Å². The van der Waals surface area contributed by atoms with Crippen LogP contribution in [0.3, 0.4) is 0 Å². The van der Waals surface area contributed by atoms with Crippen LogP contribution >= 0.6 is 11.8 Å². The fraction of sp³-hybridized carbons (Fsp3) is 0.368. The Bertz CT molecular complexity index is 540. The average molecular weight is 318 g/mol. The van der Waals surface area contributed by atoms with Crippen molar-refractivity contribution in [3.63, 3.8) is 0 Å². The van der Waals surface area contributed by atoms with Gasteiger partial charge in [0.25, 0.3) is 0 Å². The molecule has 22 heavy (non-hydrogen) atoms. The summed E-state index contributed by atoms with van der Waals surface area (Å²) in [6.45, 7) is 0. The van der Waals surface area contributed by atoms with E-state index >= 15 is 0 Å². The molecule has 0 unspecified atom stereocenters. The average Bonchev–Trinajstić information content (AvgIpc) is 2.56. The Morgan fingerprint density at radius 2 is 1.18 bits per heavy atom. The van der Waals surface area contributed by atoms with Gasteiger partial charge in [0.05, 0.1) is 5.25 Å². The predicted octanol–water partition coefficient (Wildman–Crippen LogP) is 6.12. The lowest BCUT2D eigenvalue weighted by molar-refractivity contribution is 0.515. The smallest absolute Gasteiger partial charge is 0.123 e. The van der Waals surface area contributed by atoms with E-state index in [9.17, 15) is 8.78 Å². The Hall–Kier alpha value is -1.35. The monoisotopic (exact) mass is 318 g/mol. The van der Waals surface area contributed by atoms with Crippen molar-refractivity contribution in [3.8, 4) is 0 Å². The molecule has 0 N–H and O–H groups in total. The minimum atomic E-state index is -0.218. The van der Waals surface area contributed by atoms with Crippen LogP contribution < -0.4 is 0 Å². The van der Waals surface area contributed by atoms with E-state index in [2.05, 4.69) is 0 Å². The van der Waals surface area contributed by atoms with Crippen LogP contribution in [-0.4, -0.2) is 5.25 Å². The number of halogens is 2. The van der Waals surface area contributed by atoms with Gasteiger partial charge in [-0.2, -0.15) is 0 Å². The number of hydrogen-bond acceptors (Lipinski definition) is 1. The third kappa shape index (κ3) is 3.89. The predicted molar refractivity (Wildman–Crippen MR) is 89.1 cm³/mol. The first-order chi connectivity index (χ1) is 10.7. The largest absolute Gasteiger partial charge is 0.207 e. The summed E-state index contributed by atoms with van der Waals surface area (Å²) >= 11 is 1.94. The molecule has 0 saturated heterocycles. The molecule has 1 aliphatic rings. The molecule has 116 valence electrons. The maximum atomic E-state index is 13.2. The highest BCUT2D eigenvalue weighted by Crippen LogP contribution is 2.42. The van der Waals surface area contributed by atoms with E-state index < -0.39 is 0 Å². The zero-order valence-corrected chi connectivity index (χ0v) is 13.3. The van der Waals surface area contributed by atoms with Crippen molar-refractivity contribution >= 4 is 11.8 Å². The zero-order valence-electron chi connectivity index (χ0n) is 12.5. The van der Waals surface area contributed by atoms with Gasteiger partial charge in [-0.15, -0.1) is 11.8 Å². The first kappa shape index (κ1) is 15.5. The van der Waals surface area contributed by atoms with Gasteiger partial charge in [-0.1, -0.05) is 43.5 Å². The quantitative estimate of drug-likeness (QED) is 0.654. The van der Waals surface area contributed by atoms with Crippen LogP contribution in [0.1, 0.15) is 48.5 Å². The summed E-state index contributed by atoms with van der Waals surface area (Å²) in [6.07, 6.45) is 6.39.